The van der Waals surface area contributed by atoms with E-state index in [1.807, 2.05) is 16.9 Å². The van der Waals surface area contributed by atoms with E-state index in [-0.39, 0.29) is 5.82 Å². The number of rotatable bonds is 5. The smallest absolute Gasteiger partial charge is 0.125 e. The Kier molecular flexibility index (Phi) is 4.32. The summed E-state index contributed by atoms with van der Waals surface area (Å²) in [5, 5.41) is 7.77. The van der Waals surface area contributed by atoms with Crippen molar-refractivity contribution in [3.05, 3.63) is 47.5 Å². The fourth-order valence-electron chi connectivity index (χ4n) is 2.08. The van der Waals surface area contributed by atoms with Crippen LogP contribution in [-0.4, -0.2) is 15.8 Å². The molecule has 0 unspecified atom stereocenters. The number of aromatic nitrogens is 2. The standard InChI is InChI=1S/C15H20FN3/c1-4-15-12(9-17-11(2)3)10-18-19(15)14-7-5-6-13(16)8-14/h5-8,10-11,17H,4,9H2,1-3H3. The topological polar surface area (TPSA) is 29.9 Å². The van der Waals surface area contributed by atoms with E-state index in [4.69, 9.17) is 0 Å². The molecule has 1 aromatic heterocycles. The van der Waals surface area contributed by atoms with E-state index in [1.54, 1.807) is 6.07 Å². The molecule has 19 heavy (non-hydrogen) atoms. The zero-order chi connectivity index (χ0) is 13.8. The van der Waals surface area contributed by atoms with Gasteiger partial charge in [-0.15, -0.1) is 0 Å². The molecule has 0 atom stereocenters. The van der Waals surface area contributed by atoms with E-state index in [1.165, 1.54) is 17.7 Å². The fourth-order valence-corrected chi connectivity index (χ4v) is 2.08. The van der Waals surface area contributed by atoms with Crippen molar-refractivity contribution in [3.63, 3.8) is 0 Å². The van der Waals surface area contributed by atoms with Gasteiger partial charge >= 0.3 is 0 Å². The summed E-state index contributed by atoms with van der Waals surface area (Å²) < 4.78 is 15.1. The van der Waals surface area contributed by atoms with Crippen molar-refractivity contribution in [2.75, 3.05) is 0 Å². The second-order valence-corrected chi connectivity index (χ2v) is 4.90. The van der Waals surface area contributed by atoms with Crippen molar-refractivity contribution in [2.45, 2.75) is 39.8 Å². The maximum atomic E-state index is 13.3. The van der Waals surface area contributed by atoms with E-state index in [0.717, 1.165) is 24.3 Å². The molecular weight excluding hydrogens is 241 g/mol. The number of hydrogen-bond acceptors (Lipinski definition) is 2. The minimum Gasteiger partial charge on any atom is -0.310 e. The van der Waals surface area contributed by atoms with Crippen LogP contribution < -0.4 is 5.32 Å². The van der Waals surface area contributed by atoms with E-state index < -0.39 is 0 Å². The average molecular weight is 261 g/mol. The van der Waals surface area contributed by atoms with Crippen LogP contribution in [0.2, 0.25) is 0 Å². The third-order valence-electron chi connectivity index (χ3n) is 3.04. The van der Waals surface area contributed by atoms with Crippen molar-refractivity contribution in [1.29, 1.82) is 0 Å². The SMILES string of the molecule is CCc1c(CNC(C)C)cnn1-c1cccc(F)c1. The highest BCUT2D eigenvalue weighted by Gasteiger charge is 2.11. The summed E-state index contributed by atoms with van der Waals surface area (Å²) in [4.78, 5) is 0. The van der Waals surface area contributed by atoms with E-state index in [0.29, 0.717) is 6.04 Å². The molecule has 2 rings (SSSR count). The molecule has 0 aliphatic carbocycles. The van der Waals surface area contributed by atoms with Gasteiger partial charge < -0.3 is 5.32 Å². The van der Waals surface area contributed by atoms with Crippen molar-refractivity contribution < 1.29 is 4.39 Å². The number of halogens is 1. The van der Waals surface area contributed by atoms with Crippen molar-refractivity contribution in [3.8, 4) is 5.69 Å². The summed E-state index contributed by atoms with van der Waals surface area (Å²) in [6.07, 6.45) is 2.73. The van der Waals surface area contributed by atoms with Crippen LogP contribution in [0.15, 0.2) is 30.5 Å². The molecule has 3 nitrogen and oxygen atoms in total. The van der Waals surface area contributed by atoms with Crippen LogP contribution in [0.5, 0.6) is 0 Å². The Balaban J connectivity index is 2.31. The molecule has 0 saturated carbocycles. The van der Waals surface area contributed by atoms with Gasteiger partial charge in [0, 0.05) is 23.8 Å². The van der Waals surface area contributed by atoms with Gasteiger partial charge in [-0.25, -0.2) is 9.07 Å². The molecule has 102 valence electrons. The maximum Gasteiger partial charge on any atom is 0.125 e. The van der Waals surface area contributed by atoms with Gasteiger partial charge in [-0.1, -0.05) is 26.8 Å². The Morgan fingerprint density at radius 2 is 2.16 bits per heavy atom. The zero-order valence-electron chi connectivity index (χ0n) is 11.7. The van der Waals surface area contributed by atoms with Crippen molar-refractivity contribution >= 4 is 0 Å². The van der Waals surface area contributed by atoms with Gasteiger partial charge in [-0.2, -0.15) is 5.10 Å². The molecule has 0 aliphatic heterocycles. The molecule has 2 aromatic rings. The predicted molar refractivity (Wildman–Crippen MR) is 74.9 cm³/mol. The van der Waals surface area contributed by atoms with Crippen LogP contribution in [0, 0.1) is 5.82 Å². The molecule has 0 spiro atoms. The van der Waals surface area contributed by atoms with Gasteiger partial charge in [0.2, 0.25) is 0 Å². The molecule has 0 fully saturated rings. The highest BCUT2D eigenvalue weighted by molar-refractivity contribution is 5.35. The molecular formula is C15H20FN3. The minimum absolute atomic E-state index is 0.239. The van der Waals surface area contributed by atoms with Gasteiger partial charge in [-0.05, 0) is 24.6 Å². The lowest BCUT2D eigenvalue weighted by molar-refractivity contribution is 0.586. The van der Waals surface area contributed by atoms with Crippen LogP contribution in [0.1, 0.15) is 32.0 Å². The van der Waals surface area contributed by atoms with Crippen molar-refractivity contribution in [2.24, 2.45) is 0 Å². The van der Waals surface area contributed by atoms with E-state index in [9.17, 15) is 4.39 Å². The number of benzene rings is 1. The molecule has 0 bridgehead atoms. The molecule has 4 heteroatoms. The highest BCUT2D eigenvalue weighted by Crippen LogP contribution is 2.16. The quantitative estimate of drug-likeness (QED) is 0.896. The second-order valence-electron chi connectivity index (χ2n) is 4.90. The lowest BCUT2D eigenvalue weighted by Gasteiger charge is -2.10. The normalized spacial score (nSPS) is 11.2. The molecule has 1 aromatic carbocycles. The summed E-state index contributed by atoms with van der Waals surface area (Å²) in [7, 11) is 0. The van der Waals surface area contributed by atoms with Crippen LogP contribution in [-0.2, 0) is 13.0 Å². The van der Waals surface area contributed by atoms with Gasteiger partial charge in [0.1, 0.15) is 5.82 Å². The van der Waals surface area contributed by atoms with Crippen LogP contribution in [0.3, 0.4) is 0 Å². The molecule has 0 radical (unpaired) electrons. The summed E-state index contributed by atoms with van der Waals surface area (Å²) in [6, 6.07) is 6.96. The lowest BCUT2D eigenvalue weighted by atomic mass is 10.2. The third kappa shape index (κ3) is 3.20. The Labute approximate surface area is 113 Å². The Morgan fingerprint density at radius 3 is 2.79 bits per heavy atom. The third-order valence-corrected chi connectivity index (χ3v) is 3.04. The van der Waals surface area contributed by atoms with Crippen LogP contribution >= 0.6 is 0 Å². The van der Waals surface area contributed by atoms with Gasteiger partial charge in [0.15, 0.2) is 0 Å². The minimum atomic E-state index is -0.239. The summed E-state index contributed by atoms with van der Waals surface area (Å²) in [6.45, 7) is 7.10. The zero-order valence-corrected chi connectivity index (χ0v) is 11.7. The van der Waals surface area contributed by atoms with Gasteiger partial charge in [0.05, 0.1) is 11.9 Å². The summed E-state index contributed by atoms with van der Waals surface area (Å²) >= 11 is 0. The molecule has 0 aliphatic rings. The largest absolute Gasteiger partial charge is 0.310 e. The first-order valence-corrected chi connectivity index (χ1v) is 6.67. The molecule has 1 heterocycles. The maximum absolute atomic E-state index is 13.3. The van der Waals surface area contributed by atoms with E-state index >= 15 is 0 Å². The molecule has 0 saturated heterocycles. The number of nitrogens with zero attached hydrogens (tertiary/aromatic N) is 2. The predicted octanol–water partition coefficient (Wildman–Crippen LogP) is 3.07. The first-order valence-electron chi connectivity index (χ1n) is 6.67. The first-order chi connectivity index (χ1) is 9.11. The molecule has 0 amide bonds. The second kappa shape index (κ2) is 5.97. The molecule has 1 N–H and O–H groups in total. The first kappa shape index (κ1) is 13.7. The lowest BCUT2D eigenvalue weighted by Crippen LogP contribution is -2.22. The Bertz CT molecular complexity index is 546. The highest BCUT2D eigenvalue weighted by atomic mass is 19.1. The van der Waals surface area contributed by atoms with Crippen molar-refractivity contribution in [1.82, 2.24) is 15.1 Å². The van der Waals surface area contributed by atoms with Crippen LogP contribution in [0.4, 0.5) is 4.39 Å². The van der Waals surface area contributed by atoms with Crippen LogP contribution in [0.25, 0.3) is 5.69 Å². The summed E-state index contributed by atoms with van der Waals surface area (Å²) in [5.74, 6) is -0.239. The van der Waals surface area contributed by atoms with Gasteiger partial charge in [-0.3, -0.25) is 0 Å². The summed E-state index contributed by atoms with van der Waals surface area (Å²) in [5.41, 5.74) is 3.06. The number of nitrogens with one attached hydrogen (secondary N) is 1. The fraction of sp³-hybridized carbons (Fsp3) is 0.400. The monoisotopic (exact) mass is 261 g/mol. The van der Waals surface area contributed by atoms with Gasteiger partial charge in [0.25, 0.3) is 0 Å². The van der Waals surface area contributed by atoms with E-state index in [2.05, 4.69) is 31.2 Å². The Hall–Kier alpha value is -1.68. The number of hydrogen-bond donors (Lipinski definition) is 1. The average Bonchev–Trinajstić information content (AvgIpc) is 2.79. The Morgan fingerprint density at radius 1 is 1.37 bits per heavy atom.